The zero-order valence-corrected chi connectivity index (χ0v) is 16.0. The minimum atomic E-state index is -0.685. The van der Waals surface area contributed by atoms with Gasteiger partial charge in [0.15, 0.2) is 11.9 Å². The van der Waals surface area contributed by atoms with E-state index in [1.807, 2.05) is 38.1 Å². The van der Waals surface area contributed by atoms with Gasteiger partial charge in [-0.05, 0) is 38.5 Å². The van der Waals surface area contributed by atoms with Gasteiger partial charge in [-0.1, -0.05) is 18.2 Å². The van der Waals surface area contributed by atoms with Crippen LogP contribution in [0.5, 0.6) is 5.75 Å². The standard InChI is InChI=1S/C20H18N2O4S/c1-10-12(3)27-19-16(10)18(23)21-17(22-19)11(2)26-20(24)14-8-13-6-4-5-7-15(13)25-9-14/h4-8,11H,9H2,1-3H3,(H,21,22,23)/t11-/m0/s1. The molecule has 1 aromatic carbocycles. The summed E-state index contributed by atoms with van der Waals surface area (Å²) >= 11 is 1.46. The maximum Gasteiger partial charge on any atom is 0.338 e. The molecule has 1 N–H and O–H groups in total. The Morgan fingerprint density at radius 2 is 2.11 bits per heavy atom. The van der Waals surface area contributed by atoms with Crippen molar-refractivity contribution in [2.45, 2.75) is 26.9 Å². The first-order valence-electron chi connectivity index (χ1n) is 8.57. The van der Waals surface area contributed by atoms with E-state index in [1.165, 1.54) is 11.3 Å². The van der Waals surface area contributed by atoms with Gasteiger partial charge in [0.25, 0.3) is 5.56 Å². The van der Waals surface area contributed by atoms with E-state index in [-0.39, 0.29) is 12.2 Å². The van der Waals surface area contributed by atoms with Crippen molar-refractivity contribution in [2.75, 3.05) is 6.61 Å². The highest BCUT2D eigenvalue weighted by Gasteiger charge is 2.22. The van der Waals surface area contributed by atoms with Crippen molar-refractivity contribution in [3.63, 3.8) is 0 Å². The van der Waals surface area contributed by atoms with Crippen LogP contribution in [0.3, 0.4) is 0 Å². The van der Waals surface area contributed by atoms with Crippen LogP contribution in [0, 0.1) is 13.8 Å². The van der Waals surface area contributed by atoms with Gasteiger partial charge < -0.3 is 14.5 Å². The summed E-state index contributed by atoms with van der Waals surface area (Å²) in [6.45, 7) is 5.70. The Bertz CT molecular complexity index is 1140. The molecular weight excluding hydrogens is 364 g/mol. The summed E-state index contributed by atoms with van der Waals surface area (Å²) in [6.07, 6.45) is 1.08. The van der Waals surface area contributed by atoms with E-state index < -0.39 is 12.1 Å². The van der Waals surface area contributed by atoms with Gasteiger partial charge in [-0.2, -0.15) is 0 Å². The predicted octanol–water partition coefficient (Wildman–Crippen LogP) is 3.68. The fourth-order valence-electron chi connectivity index (χ4n) is 2.99. The Labute approximate surface area is 159 Å². The fourth-order valence-corrected chi connectivity index (χ4v) is 4.03. The van der Waals surface area contributed by atoms with Crippen LogP contribution in [-0.2, 0) is 9.53 Å². The van der Waals surface area contributed by atoms with Crippen molar-refractivity contribution in [3.05, 3.63) is 62.0 Å². The molecular formula is C20H18N2O4S. The van der Waals surface area contributed by atoms with Gasteiger partial charge in [-0.15, -0.1) is 11.3 Å². The molecule has 3 aromatic rings. The van der Waals surface area contributed by atoms with Gasteiger partial charge in [0.05, 0.1) is 11.0 Å². The van der Waals surface area contributed by atoms with Crippen LogP contribution < -0.4 is 10.3 Å². The third kappa shape index (κ3) is 3.14. The van der Waals surface area contributed by atoms with Crippen molar-refractivity contribution < 1.29 is 14.3 Å². The van der Waals surface area contributed by atoms with Crippen LogP contribution in [0.15, 0.2) is 34.6 Å². The highest BCUT2D eigenvalue weighted by atomic mass is 32.1. The van der Waals surface area contributed by atoms with Gasteiger partial charge in [0.1, 0.15) is 17.2 Å². The molecule has 3 heterocycles. The summed E-state index contributed by atoms with van der Waals surface area (Å²) in [5, 5.41) is 0.597. The number of thiophene rings is 1. The Hall–Kier alpha value is -2.93. The van der Waals surface area contributed by atoms with E-state index in [1.54, 1.807) is 13.0 Å². The summed E-state index contributed by atoms with van der Waals surface area (Å²) < 4.78 is 11.1. The number of esters is 1. The Balaban J connectivity index is 1.58. The van der Waals surface area contributed by atoms with Gasteiger partial charge in [0.2, 0.25) is 0 Å². The second-order valence-corrected chi connectivity index (χ2v) is 7.66. The molecule has 6 nitrogen and oxygen atoms in total. The van der Waals surface area contributed by atoms with Crippen molar-refractivity contribution in [1.29, 1.82) is 0 Å². The van der Waals surface area contributed by atoms with Crippen LogP contribution in [0.4, 0.5) is 0 Å². The number of ether oxygens (including phenoxy) is 2. The first-order valence-corrected chi connectivity index (χ1v) is 9.39. The monoisotopic (exact) mass is 382 g/mol. The molecule has 7 heteroatoms. The van der Waals surface area contributed by atoms with E-state index in [2.05, 4.69) is 9.97 Å². The topological polar surface area (TPSA) is 81.3 Å². The van der Waals surface area contributed by atoms with Crippen LogP contribution in [-0.4, -0.2) is 22.5 Å². The number of nitrogens with one attached hydrogen (secondary N) is 1. The molecule has 138 valence electrons. The summed E-state index contributed by atoms with van der Waals surface area (Å²) in [4.78, 5) is 33.8. The molecule has 0 aliphatic carbocycles. The minimum absolute atomic E-state index is 0.148. The summed E-state index contributed by atoms with van der Waals surface area (Å²) in [7, 11) is 0. The molecule has 1 atom stereocenters. The maximum atomic E-state index is 12.5. The fraction of sp³-hybridized carbons (Fsp3) is 0.250. The van der Waals surface area contributed by atoms with Crippen molar-refractivity contribution in [3.8, 4) is 5.75 Å². The lowest BCUT2D eigenvalue weighted by Gasteiger charge is -2.18. The Morgan fingerprint density at radius 3 is 2.93 bits per heavy atom. The third-order valence-electron chi connectivity index (χ3n) is 4.62. The molecule has 0 bridgehead atoms. The number of H-pyrrole nitrogens is 1. The Morgan fingerprint density at radius 1 is 1.33 bits per heavy atom. The molecule has 0 saturated heterocycles. The summed E-state index contributed by atoms with van der Waals surface area (Å²) in [5.74, 6) is 0.583. The van der Waals surface area contributed by atoms with E-state index in [0.717, 1.165) is 21.8 Å². The number of hydrogen-bond donors (Lipinski definition) is 1. The normalized spacial score (nSPS) is 14.3. The van der Waals surface area contributed by atoms with Gasteiger partial charge in [0, 0.05) is 10.4 Å². The largest absolute Gasteiger partial charge is 0.488 e. The first kappa shape index (κ1) is 17.5. The first-order chi connectivity index (χ1) is 12.9. The predicted molar refractivity (Wildman–Crippen MR) is 104 cm³/mol. The zero-order chi connectivity index (χ0) is 19.1. The van der Waals surface area contributed by atoms with E-state index >= 15 is 0 Å². The van der Waals surface area contributed by atoms with Crippen LogP contribution in [0.2, 0.25) is 0 Å². The maximum absolute atomic E-state index is 12.5. The number of hydrogen-bond acceptors (Lipinski definition) is 6. The van der Waals surface area contributed by atoms with Gasteiger partial charge in [-0.3, -0.25) is 4.79 Å². The second kappa shape index (κ2) is 6.66. The van der Waals surface area contributed by atoms with Crippen molar-refractivity contribution >= 4 is 33.6 Å². The summed E-state index contributed by atoms with van der Waals surface area (Å²) in [6, 6.07) is 7.49. The number of nitrogens with zero attached hydrogens (tertiary/aromatic N) is 1. The molecule has 0 spiro atoms. The molecule has 0 saturated carbocycles. The highest BCUT2D eigenvalue weighted by molar-refractivity contribution is 7.18. The third-order valence-corrected chi connectivity index (χ3v) is 5.72. The van der Waals surface area contributed by atoms with E-state index in [0.29, 0.717) is 21.6 Å². The van der Waals surface area contributed by atoms with Crippen molar-refractivity contribution in [2.24, 2.45) is 0 Å². The lowest BCUT2D eigenvalue weighted by atomic mass is 10.1. The van der Waals surface area contributed by atoms with E-state index in [9.17, 15) is 9.59 Å². The molecule has 1 aliphatic rings. The molecule has 2 aromatic heterocycles. The number of rotatable bonds is 3. The average molecular weight is 382 g/mol. The number of aromatic amines is 1. The smallest absolute Gasteiger partial charge is 0.338 e. The minimum Gasteiger partial charge on any atom is -0.488 e. The number of benzene rings is 1. The number of para-hydroxylation sites is 1. The highest BCUT2D eigenvalue weighted by Crippen LogP contribution is 2.29. The van der Waals surface area contributed by atoms with Crippen LogP contribution >= 0.6 is 11.3 Å². The quantitative estimate of drug-likeness (QED) is 0.699. The molecule has 0 fully saturated rings. The molecule has 27 heavy (non-hydrogen) atoms. The molecule has 1 aliphatic heterocycles. The number of carbonyl (C=O) groups is 1. The average Bonchev–Trinajstić information content (AvgIpc) is 2.95. The molecule has 0 unspecified atom stereocenters. The zero-order valence-electron chi connectivity index (χ0n) is 15.2. The second-order valence-electron chi connectivity index (χ2n) is 6.46. The molecule has 0 radical (unpaired) electrons. The van der Waals surface area contributed by atoms with Gasteiger partial charge >= 0.3 is 5.97 Å². The number of fused-ring (bicyclic) bond motifs is 2. The number of aromatic nitrogens is 2. The number of aryl methyl sites for hydroxylation is 2. The molecule has 0 amide bonds. The number of carbonyl (C=O) groups excluding carboxylic acids is 1. The lowest BCUT2D eigenvalue weighted by molar-refractivity contribution is -0.144. The SMILES string of the molecule is Cc1sc2nc([C@H](C)OC(=O)C3=Cc4ccccc4OC3)[nH]c(=O)c2c1C. The summed E-state index contributed by atoms with van der Waals surface area (Å²) in [5.41, 5.74) is 1.98. The Kier molecular flexibility index (Phi) is 4.31. The lowest BCUT2D eigenvalue weighted by Crippen LogP contribution is -2.21. The van der Waals surface area contributed by atoms with Crippen LogP contribution in [0.1, 0.15) is 34.9 Å². The van der Waals surface area contributed by atoms with Crippen molar-refractivity contribution in [1.82, 2.24) is 9.97 Å². The van der Waals surface area contributed by atoms with Gasteiger partial charge in [-0.25, -0.2) is 9.78 Å². The molecule has 4 rings (SSSR count). The van der Waals surface area contributed by atoms with E-state index in [4.69, 9.17) is 9.47 Å². The van der Waals surface area contributed by atoms with Crippen LogP contribution in [0.25, 0.3) is 16.3 Å².